The third-order valence-corrected chi connectivity index (χ3v) is 6.03. The normalized spacial score (nSPS) is 10.5. The van der Waals surface area contributed by atoms with E-state index in [4.69, 9.17) is 4.74 Å². The lowest BCUT2D eigenvalue weighted by Gasteiger charge is -2.15. The highest BCUT2D eigenvalue weighted by atomic mass is 32.2. The van der Waals surface area contributed by atoms with Crippen LogP contribution in [0.15, 0.2) is 84.3 Å². The molecule has 0 spiro atoms. The maximum absolute atomic E-state index is 12.9. The van der Waals surface area contributed by atoms with E-state index in [1.54, 1.807) is 25.6 Å². The minimum atomic E-state index is -0.197. The highest BCUT2D eigenvalue weighted by Gasteiger charge is 2.12. The highest BCUT2D eigenvalue weighted by Crippen LogP contribution is 2.34. The number of hydrogen-bond acceptors (Lipinski definition) is 6. The molecule has 4 rings (SSSR count). The predicted octanol–water partition coefficient (Wildman–Crippen LogP) is 6.14. The minimum absolute atomic E-state index is 0.197. The van der Waals surface area contributed by atoms with Gasteiger partial charge in [-0.25, -0.2) is 9.97 Å². The minimum Gasteiger partial charge on any atom is -0.496 e. The van der Waals surface area contributed by atoms with Crippen LogP contribution < -0.4 is 14.8 Å². The average molecular weight is 457 g/mol. The molecule has 6 nitrogen and oxygen atoms in total. The zero-order valence-corrected chi connectivity index (χ0v) is 19.4. The Kier molecular flexibility index (Phi) is 6.90. The van der Waals surface area contributed by atoms with Gasteiger partial charge in [0.15, 0.2) is 0 Å². The topological polar surface area (TPSA) is 76.1 Å². The lowest BCUT2D eigenvalue weighted by molar-refractivity contribution is 0.102. The highest BCUT2D eigenvalue weighted by molar-refractivity contribution is 8.00. The van der Waals surface area contributed by atoms with E-state index < -0.39 is 0 Å². The van der Waals surface area contributed by atoms with Crippen LogP contribution in [-0.4, -0.2) is 23.0 Å². The van der Waals surface area contributed by atoms with E-state index in [0.717, 1.165) is 38.6 Å². The van der Waals surface area contributed by atoms with E-state index in [2.05, 4.69) is 46.0 Å². The SMILES string of the molecule is COc1ccc(NC(=O)c2cccc(-c3cncnc3)c2)cc1SNc1c(C)cccc1C. The Labute approximate surface area is 197 Å². The molecule has 0 atom stereocenters. The molecule has 0 fully saturated rings. The molecular formula is C26H24N4O2S. The Hall–Kier alpha value is -3.84. The molecule has 0 aliphatic rings. The van der Waals surface area contributed by atoms with E-state index in [9.17, 15) is 4.79 Å². The van der Waals surface area contributed by atoms with Gasteiger partial charge in [-0.15, -0.1) is 0 Å². The molecule has 0 saturated heterocycles. The number of methoxy groups -OCH3 is 1. The summed E-state index contributed by atoms with van der Waals surface area (Å²) in [4.78, 5) is 21.9. The Morgan fingerprint density at radius 1 is 0.909 bits per heavy atom. The van der Waals surface area contributed by atoms with Crippen LogP contribution >= 0.6 is 11.9 Å². The monoisotopic (exact) mass is 456 g/mol. The molecule has 33 heavy (non-hydrogen) atoms. The predicted molar refractivity (Wildman–Crippen MR) is 134 cm³/mol. The van der Waals surface area contributed by atoms with Crippen LogP contribution in [0.4, 0.5) is 11.4 Å². The zero-order chi connectivity index (χ0) is 23.2. The molecule has 1 amide bonds. The van der Waals surface area contributed by atoms with Crippen molar-refractivity contribution < 1.29 is 9.53 Å². The quantitative estimate of drug-likeness (QED) is 0.325. The van der Waals surface area contributed by atoms with Gasteiger partial charge in [-0.2, -0.15) is 0 Å². The lowest BCUT2D eigenvalue weighted by atomic mass is 10.1. The number of aryl methyl sites for hydroxylation is 2. The van der Waals surface area contributed by atoms with Gasteiger partial charge in [0.05, 0.1) is 17.7 Å². The summed E-state index contributed by atoms with van der Waals surface area (Å²) < 4.78 is 8.94. The summed E-state index contributed by atoms with van der Waals surface area (Å²) in [6.07, 6.45) is 4.93. The Bertz CT molecular complexity index is 1260. The van der Waals surface area contributed by atoms with Gasteiger partial charge in [0, 0.05) is 29.2 Å². The molecule has 4 aromatic rings. The zero-order valence-electron chi connectivity index (χ0n) is 18.6. The number of anilines is 2. The first-order valence-electron chi connectivity index (χ1n) is 10.4. The fraction of sp³-hybridized carbons (Fsp3) is 0.115. The summed E-state index contributed by atoms with van der Waals surface area (Å²) in [7, 11) is 1.63. The Balaban J connectivity index is 1.52. The van der Waals surface area contributed by atoms with Crippen LogP contribution in [0, 0.1) is 13.8 Å². The van der Waals surface area contributed by atoms with Crippen molar-refractivity contribution in [2.75, 3.05) is 17.1 Å². The third kappa shape index (κ3) is 5.32. The van der Waals surface area contributed by atoms with E-state index in [0.29, 0.717) is 11.3 Å². The van der Waals surface area contributed by atoms with Gasteiger partial charge < -0.3 is 14.8 Å². The summed E-state index contributed by atoms with van der Waals surface area (Å²) in [6.45, 7) is 4.14. The molecule has 1 aromatic heterocycles. The van der Waals surface area contributed by atoms with Crippen molar-refractivity contribution >= 4 is 29.2 Å². The van der Waals surface area contributed by atoms with Crippen LogP contribution in [0.25, 0.3) is 11.1 Å². The first kappa shape index (κ1) is 22.4. The summed E-state index contributed by atoms with van der Waals surface area (Å²) in [6, 6.07) is 19.1. The Morgan fingerprint density at radius 3 is 2.36 bits per heavy atom. The summed E-state index contributed by atoms with van der Waals surface area (Å²) >= 11 is 1.45. The molecule has 7 heteroatoms. The van der Waals surface area contributed by atoms with Gasteiger partial charge >= 0.3 is 0 Å². The van der Waals surface area contributed by atoms with Crippen molar-refractivity contribution in [3.63, 3.8) is 0 Å². The fourth-order valence-corrected chi connectivity index (χ4v) is 4.38. The number of benzene rings is 3. The molecule has 0 saturated carbocycles. The molecular weight excluding hydrogens is 432 g/mol. The summed E-state index contributed by atoms with van der Waals surface area (Å²) in [5.41, 5.74) is 6.36. The molecule has 0 aliphatic heterocycles. The van der Waals surface area contributed by atoms with E-state index in [1.165, 1.54) is 18.3 Å². The maximum Gasteiger partial charge on any atom is 0.255 e. The summed E-state index contributed by atoms with van der Waals surface area (Å²) in [5.74, 6) is 0.528. The van der Waals surface area contributed by atoms with Gasteiger partial charge in [-0.3, -0.25) is 4.79 Å². The molecule has 3 aromatic carbocycles. The van der Waals surface area contributed by atoms with Crippen molar-refractivity contribution in [3.05, 3.63) is 96.1 Å². The van der Waals surface area contributed by atoms with Gasteiger partial charge in [0.1, 0.15) is 12.1 Å². The summed E-state index contributed by atoms with van der Waals surface area (Å²) in [5, 5.41) is 2.98. The van der Waals surface area contributed by atoms with Crippen molar-refractivity contribution in [2.45, 2.75) is 18.7 Å². The second-order valence-electron chi connectivity index (χ2n) is 7.50. The van der Waals surface area contributed by atoms with Crippen molar-refractivity contribution in [2.24, 2.45) is 0 Å². The van der Waals surface area contributed by atoms with Gasteiger partial charge in [0.25, 0.3) is 5.91 Å². The van der Waals surface area contributed by atoms with Crippen molar-refractivity contribution in [3.8, 4) is 16.9 Å². The maximum atomic E-state index is 12.9. The Morgan fingerprint density at radius 2 is 1.64 bits per heavy atom. The van der Waals surface area contributed by atoms with Gasteiger partial charge in [-0.1, -0.05) is 30.3 Å². The number of ether oxygens (including phenoxy) is 1. The number of nitrogens with zero attached hydrogens (tertiary/aromatic N) is 2. The second kappa shape index (κ2) is 10.2. The number of para-hydroxylation sites is 1. The van der Waals surface area contributed by atoms with Crippen molar-refractivity contribution in [1.29, 1.82) is 0 Å². The first-order valence-corrected chi connectivity index (χ1v) is 11.2. The lowest BCUT2D eigenvalue weighted by Crippen LogP contribution is -2.12. The second-order valence-corrected chi connectivity index (χ2v) is 8.35. The number of carbonyl (C=O) groups is 1. The molecule has 166 valence electrons. The number of nitrogens with one attached hydrogen (secondary N) is 2. The number of aromatic nitrogens is 2. The van der Waals surface area contributed by atoms with Crippen LogP contribution in [-0.2, 0) is 0 Å². The molecule has 0 unspecified atom stereocenters. The van der Waals surface area contributed by atoms with Crippen LogP contribution in [0.3, 0.4) is 0 Å². The van der Waals surface area contributed by atoms with Gasteiger partial charge in [0.2, 0.25) is 0 Å². The van der Waals surface area contributed by atoms with E-state index in [-0.39, 0.29) is 5.91 Å². The van der Waals surface area contributed by atoms with Crippen LogP contribution in [0.5, 0.6) is 5.75 Å². The molecule has 2 N–H and O–H groups in total. The van der Waals surface area contributed by atoms with E-state index >= 15 is 0 Å². The molecule has 0 bridgehead atoms. The number of hydrogen-bond donors (Lipinski definition) is 2. The standard InChI is InChI=1S/C26H24N4O2S/c1-17-6-4-7-18(2)25(17)30-33-24-13-22(10-11-23(24)32-3)29-26(31)20-9-5-8-19(12-20)21-14-27-16-28-15-21/h4-16,30H,1-3H3,(H,29,31). The number of rotatable bonds is 7. The average Bonchev–Trinajstić information content (AvgIpc) is 2.84. The van der Waals surface area contributed by atoms with Crippen LogP contribution in [0.2, 0.25) is 0 Å². The smallest absolute Gasteiger partial charge is 0.255 e. The molecule has 0 aliphatic carbocycles. The van der Waals surface area contributed by atoms with Gasteiger partial charge in [-0.05, 0) is 72.8 Å². The van der Waals surface area contributed by atoms with Crippen molar-refractivity contribution in [1.82, 2.24) is 9.97 Å². The third-order valence-electron chi connectivity index (χ3n) is 5.18. The molecule has 1 heterocycles. The number of carbonyl (C=O) groups excluding carboxylic acids is 1. The first-order chi connectivity index (χ1) is 16.0. The van der Waals surface area contributed by atoms with E-state index in [1.807, 2.05) is 42.5 Å². The molecule has 0 radical (unpaired) electrons. The van der Waals surface area contributed by atoms with Crippen LogP contribution in [0.1, 0.15) is 21.5 Å². The fourth-order valence-electron chi connectivity index (χ4n) is 3.41. The largest absolute Gasteiger partial charge is 0.496 e. The number of amides is 1.